The first-order valence-electron chi connectivity index (χ1n) is 6.88. The summed E-state index contributed by atoms with van der Waals surface area (Å²) in [6.07, 6.45) is 1.67. The number of aromatic hydroxyl groups is 1. The molecule has 0 radical (unpaired) electrons. The molecule has 3 aromatic heterocycles. The van der Waals surface area contributed by atoms with Crippen LogP contribution in [0.4, 0.5) is 0 Å². The first-order chi connectivity index (χ1) is 11.3. The lowest BCUT2D eigenvalue weighted by Crippen LogP contribution is -1.94. The summed E-state index contributed by atoms with van der Waals surface area (Å²) in [5.41, 5.74) is 3.39. The van der Waals surface area contributed by atoms with Crippen molar-refractivity contribution in [1.82, 2.24) is 15.2 Å². The molecule has 4 rings (SSSR count). The van der Waals surface area contributed by atoms with Crippen molar-refractivity contribution in [3.05, 3.63) is 53.5 Å². The van der Waals surface area contributed by atoms with E-state index in [0.717, 1.165) is 21.4 Å². The van der Waals surface area contributed by atoms with Gasteiger partial charge in [-0.2, -0.15) is 10.4 Å². The number of hydrogen-bond donors (Lipinski definition) is 2. The molecule has 0 bridgehead atoms. The molecule has 0 atom stereocenters. The molecule has 2 N–H and O–H groups in total. The highest BCUT2D eigenvalue weighted by molar-refractivity contribution is 7.13. The van der Waals surface area contributed by atoms with E-state index in [2.05, 4.69) is 21.3 Å². The van der Waals surface area contributed by atoms with E-state index in [-0.39, 0.29) is 5.75 Å². The Labute approximate surface area is 135 Å². The third-order valence-corrected chi connectivity index (χ3v) is 4.50. The van der Waals surface area contributed by atoms with Crippen molar-refractivity contribution in [2.75, 3.05) is 0 Å². The second-order valence-corrected chi connectivity index (χ2v) is 5.93. The van der Waals surface area contributed by atoms with E-state index in [1.54, 1.807) is 30.5 Å². The highest BCUT2D eigenvalue weighted by atomic mass is 32.1. The fourth-order valence-corrected chi connectivity index (χ4v) is 3.32. The number of nitrogens with zero attached hydrogens (tertiary/aromatic N) is 3. The van der Waals surface area contributed by atoms with Crippen molar-refractivity contribution in [2.24, 2.45) is 0 Å². The van der Waals surface area contributed by atoms with Gasteiger partial charge < -0.3 is 5.11 Å². The number of nitrogens with one attached hydrogen (secondary N) is 1. The van der Waals surface area contributed by atoms with Gasteiger partial charge >= 0.3 is 0 Å². The van der Waals surface area contributed by atoms with Crippen LogP contribution in [0.1, 0.15) is 5.56 Å². The smallest absolute Gasteiger partial charge is 0.156 e. The molecule has 6 heteroatoms. The maximum absolute atomic E-state index is 9.75. The number of thiophene rings is 1. The molecular formula is C17H10N4OS. The summed E-state index contributed by atoms with van der Waals surface area (Å²) >= 11 is 1.54. The summed E-state index contributed by atoms with van der Waals surface area (Å²) in [5.74, 6) is 0.184. The predicted molar refractivity (Wildman–Crippen MR) is 89.0 cm³/mol. The predicted octanol–water partition coefficient (Wildman–Crippen LogP) is 3.93. The molecule has 0 spiro atoms. The molecular weight excluding hydrogens is 308 g/mol. The minimum Gasteiger partial charge on any atom is -0.508 e. The molecule has 3 heterocycles. The van der Waals surface area contributed by atoms with E-state index in [4.69, 9.17) is 0 Å². The van der Waals surface area contributed by atoms with Crippen LogP contribution in [0.15, 0.2) is 48.0 Å². The van der Waals surface area contributed by atoms with Gasteiger partial charge in [0.15, 0.2) is 5.65 Å². The molecule has 1 aromatic carbocycles. The van der Waals surface area contributed by atoms with Crippen LogP contribution in [0.2, 0.25) is 0 Å². The van der Waals surface area contributed by atoms with E-state index in [9.17, 15) is 10.4 Å². The number of fused-ring (bicyclic) bond motifs is 1. The Balaban J connectivity index is 2.11. The van der Waals surface area contributed by atoms with Gasteiger partial charge in [-0.05, 0) is 29.1 Å². The SMILES string of the molecule is N#Cc1c(-c2cccs2)nc2[nH]ncc2c1-c1ccc(O)cc1. The molecule has 0 fully saturated rings. The van der Waals surface area contributed by atoms with Gasteiger partial charge in [-0.1, -0.05) is 18.2 Å². The lowest BCUT2D eigenvalue weighted by Gasteiger charge is -2.10. The summed E-state index contributed by atoms with van der Waals surface area (Å²) in [5, 5.41) is 28.9. The van der Waals surface area contributed by atoms with Crippen LogP contribution in [-0.4, -0.2) is 20.3 Å². The van der Waals surface area contributed by atoms with E-state index in [1.165, 1.54) is 11.3 Å². The molecule has 0 amide bonds. The molecule has 4 aromatic rings. The number of rotatable bonds is 2. The second kappa shape index (κ2) is 5.23. The van der Waals surface area contributed by atoms with E-state index in [1.807, 2.05) is 17.5 Å². The van der Waals surface area contributed by atoms with Gasteiger partial charge in [-0.15, -0.1) is 11.3 Å². The van der Waals surface area contributed by atoms with Gasteiger partial charge in [-0.25, -0.2) is 4.98 Å². The highest BCUT2D eigenvalue weighted by Crippen LogP contribution is 2.37. The number of phenols is 1. The summed E-state index contributed by atoms with van der Waals surface area (Å²) in [7, 11) is 0. The summed E-state index contributed by atoms with van der Waals surface area (Å²) in [4.78, 5) is 5.50. The van der Waals surface area contributed by atoms with Crippen molar-refractivity contribution >= 4 is 22.4 Å². The Bertz CT molecular complexity index is 1030. The Hall–Kier alpha value is -3.17. The maximum Gasteiger partial charge on any atom is 0.156 e. The second-order valence-electron chi connectivity index (χ2n) is 4.98. The van der Waals surface area contributed by atoms with Gasteiger partial charge in [0.2, 0.25) is 0 Å². The minimum absolute atomic E-state index is 0.184. The first-order valence-corrected chi connectivity index (χ1v) is 7.76. The number of aromatic amines is 1. The largest absolute Gasteiger partial charge is 0.508 e. The zero-order valence-electron chi connectivity index (χ0n) is 11.8. The van der Waals surface area contributed by atoms with Crippen molar-refractivity contribution in [1.29, 1.82) is 5.26 Å². The Morgan fingerprint density at radius 1 is 1.17 bits per heavy atom. The average molecular weight is 318 g/mol. The summed E-state index contributed by atoms with van der Waals surface area (Å²) < 4.78 is 0. The Morgan fingerprint density at radius 3 is 2.70 bits per heavy atom. The Morgan fingerprint density at radius 2 is 2.00 bits per heavy atom. The van der Waals surface area contributed by atoms with Crippen LogP contribution in [0, 0.1) is 11.3 Å². The van der Waals surface area contributed by atoms with Crippen molar-refractivity contribution in [2.45, 2.75) is 0 Å². The number of benzene rings is 1. The van der Waals surface area contributed by atoms with Gasteiger partial charge in [0.25, 0.3) is 0 Å². The van der Waals surface area contributed by atoms with Gasteiger partial charge in [0.1, 0.15) is 17.5 Å². The molecule has 0 aliphatic rings. The van der Waals surface area contributed by atoms with Crippen LogP contribution >= 0.6 is 11.3 Å². The third-order valence-electron chi connectivity index (χ3n) is 3.62. The van der Waals surface area contributed by atoms with Crippen LogP contribution < -0.4 is 0 Å². The standard InChI is InChI=1S/C17H10N4OS/c18-8-12-15(10-3-5-11(22)6-4-10)13-9-19-21-17(13)20-16(12)14-2-1-7-23-14/h1-7,9,22H,(H,19,20,21). The van der Waals surface area contributed by atoms with Gasteiger partial charge in [0, 0.05) is 10.9 Å². The zero-order valence-corrected chi connectivity index (χ0v) is 12.6. The quantitative estimate of drug-likeness (QED) is 0.586. The van der Waals surface area contributed by atoms with E-state index >= 15 is 0 Å². The fourth-order valence-electron chi connectivity index (χ4n) is 2.60. The monoisotopic (exact) mass is 318 g/mol. The van der Waals surface area contributed by atoms with Crippen molar-refractivity contribution in [3.63, 3.8) is 0 Å². The van der Waals surface area contributed by atoms with Crippen molar-refractivity contribution < 1.29 is 5.11 Å². The van der Waals surface area contributed by atoms with Crippen LogP contribution in [0.5, 0.6) is 5.75 Å². The van der Waals surface area contributed by atoms with E-state index in [0.29, 0.717) is 16.9 Å². The number of H-pyrrole nitrogens is 1. The molecule has 0 unspecified atom stereocenters. The Kier molecular flexibility index (Phi) is 3.07. The highest BCUT2D eigenvalue weighted by Gasteiger charge is 2.19. The van der Waals surface area contributed by atoms with Crippen LogP contribution in [-0.2, 0) is 0 Å². The number of aromatic nitrogens is 3. The number of hydrogen-bond acceptors (Lipinski definition) is 5. The van der Waals surface area contributed by atoms with Crippen LogP contribution in [0.3, 0.4) is 0 Å². The summed E-state index contributed by atoms with van der Waals surface area (Å²) in [6.45, 7) is 0. The number of pyridine rings is 1. The summed E-state index contributed by atoms with van der Waals surface area (Å²) in [6, 6.07) is 12.9. The zero-order chi connectivity index (χ0) is 15.8. The normalized spacial score (nSPS) is 10.7. The lowest BCUT2D eigenvalue weighted by atomic mass is 9.96. The topological polar surface area (TPSA) is 85.6 Å². The van der Waals surface area contributed by atoms with Gasteiger partial charge in [0.05, 0.1) is 16.6 Å². The molecule has 0 aliphatic heterocycles. The minimum atomic E-state index is 0.184. The third kappa shape index (κ3) is 2.15. The molecule has 5 nitrogen and oxygen atoms in total. The first kappa shape index (κ1) is 13.5. The molecule has 23 heavy (non-hydrogen) atoms. The average Bonchev–Trinajstić information content (AvgIpc) is 3.25. The van der Waals surface area contributed by atoms with Gasteiger partial charge in [-0.3, -0.25) is 5.10 Å². The molecule has 0 saturated heterocycles. The number of nitriles is 1. The fraction of sp³-hybridized carbons (Fsp3) is 0. The molecule has 110 valence electrons. The molecule has 0 saturated carbocycles. The molecule has 0 aliphatic carbocycles. The van der Waals surface area contributed by atoms with Crippen molar-refractivity contribution in [3.8, 4) is 33.5 Å². The maximum atomic E-state index is 9.75. The number of phenolic OH excluding ortho intramolecular Hbond substituents is 1. The van der Waals surface area contributed by atoms with Crippen LogP contribution in [0.25, 0.3) is 32.7 Å². The van der Waals surface area contributed by atoms with E-state index < -0.39 is 0 Å². The lowest BCUT2D eigenvalue weighted by molar-refractivity contribution is 0.475.